The Hall–Kier alpha value is -1.34. The van der Waals surface area contributed by atoms with Crippen LogP contribution in [-0.2, 0) is 6.54 Å². The van der Waals surface area contributed by atoms with E-state index < -0.39 is 0 Å². The normalized spacial score (nSPS) is 25.3. The number of rotatable bonds is 3. The molecule has 0 bridgehead atoms. The average molecular weight is 247 g/mol. The van der Waals surface area contributed by atoms with Gasteiger partial charge < -0.3 is 4.52 Å². The molecule has 1 aliphatic rings. The highest BCUT2D eigenvalue weighted by Gasteiger charge is 2.31. The van der Waals surface area contributed by atoms with Crippen LogP contribution in [0.25, 0.3) is 0 Å². The first-order valence-electron chi connectivity index (χ1n) is 6.64. The molecule has 1 fully saturated rings. The lowest BCUT2D eigenvalue weighted by Gasteiger charge is -2.36. The van der Waals surface area contributed by atoms with E-state index >= 15 is 0 Å². The predicted molar refractivity (Wildman–Crippen MR) is 68.6 cm³/mol. The Balaban J connectivity index is 1.96. The third kappa shape index (κ3) is 2.91. The van der Waals surface area contributed by atoms with Gasteiger partial charge >= 0.3 is 0 Å². The molecule has 0 spiro atoms. The fourth-order valence-electron chi connectivity index (χ4n) is 2.84. The van der Waals surface area contributed by atoms with Gasteiger partial charge in [0, 0.05) is 19.2 Å². The fourth-order valence-corrected chi connectivity index (χ4v) is 2.84. The second-order valence-corrected chi connectivity index (χ2v) is 5.60. The van der Waals surface area contributed by atoms with Crippen LogP contribution in [-0.4, -0.2) is 23.1 Å². The van der Waals surface area contributed by atoms with Gasteiger partial charge in [0.25, 0.3) is 0 Å². The molecule has 2 atom stereocenters. The van der Waals surface area contributed by atoms with E-state index in [0.29, 0.717) is 11.8 Å². The van der Waals surface area contributed by atoms with Crippen LogP contribution in [0.15, 0.2) is 10.6 Å². The first-order chi connectivity index (χ1) is 8.60. The largest absolute Gasteiger partial charge is 0.361 e. The lowest BCUT2D eigenvalue weighted by Crippen LogP contribution is -2.41. The topological polar surface area (TPSA) is 53.1 Å². The number of likely N-dealkylation sites (tertiary alicyclic amines) is 1. The standard InChI is InChI=1S/C14H21N3O/c1-10(2)14-4-5-17(8-12(14)7-15)9-13-6-11(3)18-16-13/h6,10,12,14H,4-5,8-9H2,1-3H3. The van der Waals surface area contributed by atoms with Crippen molar-refractivity contribution >= 4 is 0 Å². The van der Waals surface area contributed by atoms with Gasteiger partial charge in [0.1, 0.15) is 5.76 Å². The van der Waals surface area contributed by atoms with Crippen LogP contribution in [0.5, 0.6) is 0 Å². The Bertz CT molecular complexity index is 432. The molecule has 0 amide bonds. The molecule has 0 aliphatic carbocycles. The fraction of sp³-hybridized carbons (Fsp3) is 0.714. The van der Waals surface area contributed by atoms with Gasteiger partial charge in [0.05, 0.1) is 17.7 Å². The minimum absolute atomic E-state index is 0.145. The molecule has 1 aromatic rings. The quantitative estimate of drug-likeness (QED) is 0.823. The average Bonchev–Trinajstić information content (AvgIpc) is 2.74. The van der Waals surface area contributed by atoms with Crippen molar-refractivity contribution in [2.45, 2.75) is 33.7 Å². The van der Waals surface area contributed by atoms with E-state index in [0.717, 1.165) is 37.5 Å². The molecule has 0 aromatic carbocycles. The van der Waals surface area contributed by atoms with E-state index in [2.05, 4.69) is 30.0 Å². The highest BCUT2D eigenvalue weighted by atomic mass is 16.5. The van der Waals surface area contributed by atoms with E-state index in [1.165, 1.54) is 0 Å². The van der Waals surface area contributed by atoms with Gasteiger partial charge in [-0.1, -0.05) is 19.0 Å². The van der Waals surface area contributed by atoms with E-state index in [1.807, 2.05) is 13.0 Å². The number of nitriles is 1. The summed E-state index contributed by atoms with van der Waals surface area (Å²) >= 11 is 0. The molecule has 18 heavy (non-hydrogen) atoms. The van der Waals surface area contributed by atoms with Crippen LogP contribution < -0.4 is 0 Å². The van der Waals surface area contributed by atoms with Crippen molar-refractivity contribution in [2.24, 2.45) is 17.8 Å². The summed E-state index contributed by atoms with van der Waals surface area (Å²) in [5.41, 5.74) is 0.965. The van der Waals surface area contributed by atoms with E-state index in [4.69, 9.17) is 4.52 Å². The molecule has 2 heterocycles. The zero-order valence-electron chi connectivity index (χ0n) is 11.4. The highest BCUT2D eigenvalue weighted by molar-refractivity contribution is 5.04. The summed E-state index contributed by atoms with van der Waals surface area (Å²) in [4.78, 5) is 2.31. The molecule has 98 valence electrons. The van der Waals surface area contributed by atoms with Crippen molar-refractivity contribution in [1.82, 2.24) is 10.1 Å². The number of aryl methyl sites for hydroxylation is 1. The molecule has 2 rings (SSSR count). The van der Waals surface area contributed by atoms with Gasteiger partial charge in [0.15, 0.2) is 0 Å². The van der Waals surface area contributed by atoms with Crippen molar-refractivity contribution < 1.29 is 4.52 Å². The SMILES string of the molecule is Cc1cc(CN2CCC(C(C)C)C(C#N)C2)no1. The van der Waals surface area contributed by atoms with Crippen LogP contribution in [0.2, 0.25) is 0 Å². The summed E-state index contributed by atoms with van der Waals surface area (Å²) in [6.07, 6.45) is 1.10. The summed E-state index contributed by atoms with van der Waals surface area (Å²) in [6, 6.07) is 4.44. The number of hydrogen-bond donors (Lipinski definition) is 0. The lowest BCUT2D eigenvalue weighted by atomic mass is 9.79. The van der Waals surface area contributed by atoms with Crippen LogP contribution in [0.1, 0.15) is 31.7 Å². The van der Waals surface area contributed by atoms with Gasteiger partial charge in [-0.15, -0.1) is 0 Å². The third-order valence-corrected chi connectivity index (χ3v) is 3.83. The molecule has 4 nitrogen and oxygen atoms in total. The Kier molecular flexibility index (Phi) is 4.03. The molecule has 1 aliphatic heterocycles. The molecule has 2 unspecified atom stereocenters. The van der Waals surface area contributed by atoms with Gasteiger partial charge in [0.2, 0.25) is 0 Å². The van der Waals surface area contributed by atoms with Gasteiger partial charge in [-0.2, -0.15) is 5.26 Å². The molecule has 1 saturated heterocycles. The van der Waals surface area contributed by atoms with Crippen molar-refractivity contribution in [2.75, 3.05) is 13.1 Å². The maximum Gasteiger partial charge on any atom is 0.133 e. The first kappa shape index (κ1) is 13.1. The summed E-state index contributed by atoms with van der Waals surface area (Å²) < 4.78 is 5.08. The maximum absolute atomic E-state index is 9.29. The Morgan fingerprint density at radius 2 is 2.39 bits per heavy atom. The third-order valence-electron chi connectivity index (χ3n) is 3.83. The van der Waals surface area contributed by atoms with E-state index in [9.17, 15) is 5.26 Å². The monoisotopic (exact) mass is 247 g/mol. The zero-order valence-corrected chi connectivity index (χ0v) is 11.4. The van der Waals surface area contributed by atoms with E-state index in [1.54, 1.807) is 0 Å². The molecule has 4 heteroatoms. The zero-order chi connectivity index (χ0) is 13.1. The second kappa shape index (κ2) is 5.53. The van der Waals surface area contributed by atoms with Gasteiger partial charge in [-0.3, -0.25) is 4.90 Å². The molecule has 0 N–H and O–H groups in total. The Morgan fingerprint density at radius 1 is 1.61 bits per heavy atom. The van der Waals surface area contributed by atoms with Crippen LogP contribution in [0.3, 0.4) is 0 Å². The van der Waals surface area contributed by atoms with Gasteiger partial charge in [-0.25, -0.2) is 0 Å². The van der Waals surface area contributed by atoms with Crippen LogP contribution >= 0.6 is 0 Å². The Morgan fingerprint density at radius 3 is 2.94 bits per heavy atom. The number of aromatic nitrogens is 1. The second-order valence-electron chi connectivity index (χ2n) is 5.60. The molecule has 0 saturated carbocycles. The highest BCUT2D eigenvalue weighted by Crippen LogP contribution is 2.30. The first-order valence-corrected chi connectivity index (χ1v) is 6.64. The summed E-state index contributed by atoms with van der Waals surface area (Å²) in [6.45, 7) is 9.02. The smallest absolute Gasteiger partial charge is 0.133 e. The number of hydrogen-bond acceptors (Lipinski definition) is 4. The van der Waals surface area contributed by atoms with Crippen LogP contribution in [0, 0.1) is 36.0 Å². The van der Waals surface area contributed by atoms with Crippen molar-refractivity contribution in [3.8, 4) is 6.07 Å². The molecular formula is C14H21N3O. The minimum atomic E-state index is 0.145. The number of nitrogens with zero attached hydrogens (tertiary/aromatic N) is 3. The summed E-state index contributed by atoms with van der Waals surface area (Å²) in [7, 11) is 0. The maximum atomic E-state index is 9.29. The summed E-state index contributed by atoms with van der Waals surface area (Å²) in [5.74, 6) is 2.11. The van der Waals surface area contributed by atoms with Crippen molar-refractivity contribution in [3.05, 3.63) is 17.5 Å². The van der Waals surface area contributed by atoms with Gasteiger partial charge in [-0.05, 0) is 31.7 Å². The molecule has 1 aromatic heterocycles. The lowest BCUT2D eigenvalue weighted by molar-refractivity contribution is 0.113. The van der Waals surface area contributed by atoms with Crippen LogP contribution in [0.4, 0.5) is 0 Å². The summed E-state index contributed by atoms with van der Waals surface area (Å²) in [5, 5.41) is 13.3. The molecule has 0 radical (unpaired) electrons. The van der Waals surface area contributed by atoms with E-state index in [-0.39, 0.29) is 5.92 Å². The number of piperidine rings is 1. The Labute approximate surface area is 109 Å². The molecular weight excluding hydrogens is 226 g/mol. The minimum Gasteiger partial charge on any atom is -0.361 e. The van der Waals surface area contributed by atoms with Crippen molar-refractivity contribution in [3.63, 3.8) is 0 Å². The van der Waals surface area contributed by atoms with Crippen molar-refractivity contribution in [1.29, 1.82) is 5.26 Å². The predicted octanol–water partition coefficient (Wildman–Crippen LogP) is 2.60.